The summed E-state index contributed by atoms with van der Waals surface area (Å²) in [5, 5.41) is 12.4. The third kappa shape index (κ3) is 3.63. The van der Waals surface area contributed by atoms with E-state index in [-0.39, 0.29) is 12.5 Å². The molecular weight excluding hydrogens is 266 g/mol. The summed E-state index contributed by atoms with van der Waals surface area (Å²) in [5.74, 6) is -0.415. The van der Waals surface area contributed by atoms with Crippen molar-refractivity contribution in [1.82, 2.24) is 5.32 Å². The first kappa shape index (κ1) is 15.5. The van der Waals surface area contributed by atoms with Crippen LogP contribution in [0.25, 0.3) is 0 Å². The van der Waals surface area contributed by atoms with Gasteiger partial charge in [0.05, 0.1) is 5.41 Å². The van der Waals surface area contributed by atoms with Gasteiger partial charge in [0.15, 0.2) is 0 Å². The van der Waals surface area contributed by atoms with Gasteiger partial charge in [0, 0.05) is 12.1 Å². The summed E-state index contributed by atoms with van der Waals surface area (Å²) in [6, 6.07) is 7.32. The second kappa shape index (κ2) is 6.29. The molecule has 0 heterocycles. The molecule has 1 aromatic carbocycles. The predicted octanol–water partition coefficient (Wildman–Crippen LogP) is 3.01. The highest BCUT2D eigenvalue weighted by Crippen LogP contribution is 2.38. The molecule has 0 atom stereocenters. The molecule has 4 heteroatoms. The molecule has 0 unspecified atom stereocenters. The van der Waals surface area contributed by atoms with Crippen LogP contribution < -0.4 is 5.32 Å². The highest BCUT2D eigenvalue weighted by molar-refractivity contribution is 5.94. The fraction of sp³-hybridized carbons (Fsp3) is 0.529. The van der Waals surface area contributed by atoms with Gasteiger partial charge in [-0.15, -0.1) is 0 Å². The number of amides is 1. The van der Waals surface area contributed by atoms with Crippen LogP contribution in [0, 0.1) is 18.3 Å². The van der Waals surface area contributed by atoms with Gasteiger partial charge in [0.2, 0.25) is 0 Å². The number of benzene rings is 1. The van der Waals surface area contributed by atoms with Crippen LogP contribution in [0.15, 0.2) is 24.3 Å². The van der Waals surface area contributed by atoms with E-state index in [0.717, 1.165) is 18.4 Å². The van der Waals surface area contributed by atoms with Crippen LogP contribution in [0.5, 0.6) is 0 Å². The Morgan fingerprint density at radius 3 is 2.57 bits per heavy atom. The molecule has 1 amide bonds. The maximum atomic E-state index is 12.2. The van der Waals surface area contributed by atoms with Crippen LogP contribution in [0.4, 0.5) is 0 Å². The Hall–Kier alpha value is -1.84. The van der Waals surface area contributed by atoms with Crippen LogP contribution in [-0.4, -0.2) is 23.5 Å². The fourth-order valence-electron chi connectivity index (χ4n) is 2.92. The van der Waals surface area contributed by atoms with Gasteiger partial charge in [-0.3, -0.25) is 9.59 Å². The number of aryl methyl sites for hydroxylation is 1. The van der Waals surface area contributed by atoms with Crippen molar-refractivity contribution in [3.63, 3.8) is 0 Å². The number of carboxylic acid groups (broad SMARTS) is 1. The molecular formula is C17H23NO3. The van der Waals surface area contributed by atoms with Gasteiger partial charge in [-0.25, -0.2) is 0 Å². The number of hydrogen-bond donors (Lipinski definition) is 2. The van der Waals surface area contributed by atoms with E-state index in [0.29, 0.717) is 24.3 Å². The summed E-state index contributed by atoms with van der Waals surface area (Å²) < 4.78 is 0. The van der Waals surface area contributed by atoms with Crippen LogP contribution in [-0.2, 0) is 4.79 Å². The van der Waals surface area contributed by atoms with E-state index in [2.05, 4.69) is 12.2 Å². The van der Waals surface area contributed by atoms with Gasteiger partial charge in [0.25, 0.3) is 5.91 Å². The summed E-state index contributed by atoms with van der Waals surface area (Å²) >= 11 is 0. The lowest BCUT2D eigenvalue weighted by Crippen LogP contribution is -2.45. The molecule has 2 N–H and O–H groups in total. The molecule has 0 radical (unpaired) electrons. The molecule has 4 nitrogen and oxygen atoms in total. The molecule has 1 aromatic rings. The highest BCUT2D eigenvalue weighted by Gasteiger charge is 2.41. The zero-order valence-corrected chi connectivity index (χ0v) is 12.7. The molecule has 1 aliphatic rings. The fourth-order valence-corrected chi connectivity index (χ4v) is 2.92. The molecule has 0 spiro atoms. The number of carbonyl (C=O) groups excluding carboxylic acids is 1. The normalized spacial score (nSPS) is 25.3. The van der Waals surface area contributed by atoms with Crippen LogP contribution >= 0.6 is 0 Å². The lowest BCUT2D eigenvalue weighted by molar-refractivity contribution is -0.151. The zero-order chi connectivity index (χ0) is 15.5. The van der Waals surface area contributed by atoms with Gasteiger partial charge < -0.3 is 10.4 Å². The van der Waals surface area contributed by atoms with Crippen molar-refractivity contribution in [2.24, 2.45) is 11.3 Å². The second-order valence-corrected chi connectivity index (χ2v) is 6.32. The van der Waals surface area contributed by atoms with Crippen LogP contribution in [0.3, 0.4) is 0 Å². The molecule has 114 valence electrons. The van der Waals surface area contributed by atoms with Crippen molar-refractivity contribution < 1.29 is 14.7 Å². The number of hydrogen-bond acceptors (Lipinski definition) is 2. The molecule has 1 saturated carbocycles. The zero-order valence-electron chi connectivity index (χ0n) is 12.7. The monoisotopic (exact) mass is 289 g/mol. The van der Waals surface area contributed by atoms with Crippen molar-refractivity contribution in [3.05, 3.63) is 35.4 Å². The van der Waals surface area contributed by atoms with Crippen molar-refractivity contribution in [2.75, 3.05) is 6.54 Å². The third-order valence-corrected chi connectivity index (χ3v) is 4.55. The highest BCUT2D eigenvalue weighted by atomic mass is 16.4. The lowest BCUT2D eigenvalue weighted by Gasteiger charge is -2.35. The summed E-state index contributed by atoms with van der Waals surface area (Å²) in [5.41, 5.74) is 0.799. The Kier molecular flexibility index (Phi) is 4.66. The van der Waals surface area contributed by atoms with E-state index in [1.165, 1.54) is 0 Å². The molecule has 0 aliphatic heterocycles. The SMILES string of the molecule is Cc1cccc(C(=O)NCC2(C(=O)O)CCC(C)CC2)c1. The average molecular weight is 289 g/mol. The standard InChI is InChI=1S/C17H23NO3/c1-12-6-8-17(9-7-12,16(20)21)11-18-15(19)14-5-3-4-13(2)10-14/h3-5,10,12H,6-9,11H2,1-2H3,(H,18,19)(H,20,21). The molecule has 0 bridgehead atoms. The first-order valence-electron chi connectivity index (χ1n) is 7.51. The molecule has 2 rings (SSSR count). The van der Waals surface area contributed by atoms with E-state index in [4.69, 9.17) is 0 Å². The molecule has 21 heavy (non-hydrogen) atoms. The Morgan fingerprint density at radius 2 is 2.00 bits per heavy atom. The van der Waals surface area contributed by atoms with Crippen molar-refractivity contribution in [1.29, 1.82) is 0 Å². The third-order valence-electron chi connectivity index (χ3n) is 4.55. The van der Waals surface area contributed by atoms with Gasteiger partial charge in [-0.1, -0.05) is 24.6 Å². The molecule has 0 aromatic heterocycles. The number of carboxylic acids is 1. The first-order chi connectivity index (χ1) is 9.93. The maximum Gasteiger partial charge on any atom is 0.311 e. The number of aliphatic carboxylic acids is 1. The van der Waals surface area contributed by atoms with Gasteiger partial charge in [-0.2, -0.15) is 0 Å². The van der Waals surface area contributed by atoms with Crippen molar-refractivity contribution in [3.8, 4) is 0 Å². The van der Waals surface area contributed by atoms with Crippen LogP contribution in [0.1, 0.15) is 48.5 Å². The molecule has 1 fully saturated rings. The Morgan fingerprint density at radius 1 is 1.33 bits per heavy atom. The average Bonchev–Trinajstić information content (AvgIpc) is 2.46. The molecule has 1 aliphatic carbocycles. The Labute approximate surface area is 125 Å². The number of carbonyl (C=O) groups is 2. The minimum atomic E-state index is -0.800. The van der Waals surface area contributed by atoms with Crippen molar-refractivity contribution >= 4 is 11.9 Å². The topological polar surface area (TPSA) is 66.4 Å². The Bertz CT molecular complexity index is 531. The number of nitrogens with one attached hydrogen (secondary N) is 1. The van der Waals surface area contributed by atoms with Gasteiger partial charge in [-0.05, 0) is 50.7 Å². The van der Waals surface area contributed by atoms with E-state index in [1.54, 1.807) is 6.07 Å². The minimum absolute atomic E-state index is 0.196. The van der Waals surface area contributed by atoms with Crippen molar-refractivity contribution in [2.45, 2.75) is 39.5 Å². The predicted molar refractivity (Wildman–Crippen MR) is 81.2 cm³/mol. The molecule has 0 saturated heterocycles. The summed E-state index contributed by atoms with van der Waals surface area (Å²) in [6.07, 6.45) is 3.09. The van der Waals surface area contributed by atoms with E-state index < -0.39 is 11.4 Å². The number of rotatable bonds is 4. The summed E-state index contributed by atoms with van der Waals surface area (Å²) in [4.78, 5) is 23.8. The minimum Gasteiger partial charge on any atom is -0.481 e. The van der Waals surface area contributed by atoms with E-state index in [9.17, 15) is 14.7 Å². The lowest BCUT2D eigenvalue weighted by atomic mass is 9.71. The van der Waals surface area contributed by atoms with Crippen LogP contribution in [0.2, 0.25) is 0 Å². The largest absolute Gasteiger partial charge is 0.481 e. The quantitative estimate of drug-likeness (QED) is 0.895. The van der Waals surface area contributed by atoms with E-state index in [1.807, 2.05) is 25.1 Å². The smallest absolute Gasteiger partial charge is 0.311 e. The van der Waals surface area contributed by atoms with E-state index >= 15 is 0 Å². The Balaban J connectivity index is 2.02. The summed E-state index contributed by atoms with van der Waals surface area (Å²) in [6.45, 7) is 4.29. The maximum absolute atomic E-state index is 12.2. The van der Waals surface area contributed by atoms with Gasteiger partial charge in [0.1, 0.15) is 0 Å². The first-order valence-corrected chi connectivity index (χ1v) is 7.51. The second-order valence-electron chi connectivity index (χ2n) is 6.32. The van der Waals surface area contributed by atoms with Gasteiger partial charge >= 0.3 is 5.97 Å². The summed E-state index contributed by atoms with van der Waals surface area (Å²) in [7, 11) is 0.